The predicted molar refractivity (Wildman–Crippen MR) is 119 cm³/mol. The fourth-order valence-corrected chi connectivity index (χ4v) is 3.99. The molecule has 10 heteroatoms. The number of hydrogen-bond acceptors (Lipinski definition) is 7. The highest BCUT2D eigenvalue weighted by Gasteiger charge is 2.33. The zero-order valence-corrected chi connectivity index (χ0v) is 18.4. The second kappa shape index (κ2) is 11.6. The summed E-state index contributed by atoms with van der Waals surface area (Å²) >= 11 is 6.40. The maximum atomic E-state index is 12.7. The first-order chi connectivity index (χ1) is 14.3. The summed E-state index contributed by atoms with van der Waals surface area (Å²) < 4.78 is 10.8. The Kier molecular flexibility index (Phi) is 9.13. The maximum Gasteiger partial charge on any atom is 0.303 e. The molecule has 30 heavy (non-hydrogen) atoms. The van der Waals surface area contributed by atoms with Gasteiger partial charge in [0.1, 0.15) is 10.9 Å². The van der Waals surface area contributed by atoms with E-state index in [-0.39, 0.29) is 24.8 Å². The van der Waals surface area contributed by atoms with Crippen LogP contribution in [0.15, 0.2) is 23.1 Å². The summed E-state index contributed by atoms with van der Waals surface area (Å²) in [5, 5.41) is 11.3. The van der Waals surface area contributed by atoms with Gasteiger partial charge in [0.05, 0.1) is 19.1 Å². The molecule has 8 nitrogen and oxygen atoms in total. The number of amides is 2. The maximum absolute atomic E-state index is 12.7. The molecule has 0 bridgehead atoms. The van der Waals surface area contributed by atoms with Crippen molar-refractivity contribution in [1.29, 1.82) is 0 Å². The lowest BCUT2D eigenvalue weighted by Crippen LogP contribution is -2.39. The first kappa shape index (κ1) is 23.7. The van der Waals surface area contributed by atoms with Crippen LogP contribution in [0.1, 0.15) is 31.2 Å². The third kappa shape index (κ3) is 6.74. The number of carbonyl (C=O) groups is 3. The van der Waals surface area contributed by atoms with Crippen LogP contribution in [0.2, 0.25) is 0 Å². The highest BCUT2D eigenvalue weighted by Crippen LogP contribution is 2.34. The van der Waals surface area contributed by atoms with Gasteiger partial charge in [0.25, 0.3) is 5.91 Å². The molecule has 1 aliphatic heterocycles. The number of nitrogens with one attached hydrogen (secondary N) is 1. The van der Waals surface area contributed by atoms with Gasteiger partial charge in [-0.1, -0.05) is 36.5 Å². The van der Waals surface area contributed by atoms with Crippen molar-refractivity contribution < 1.29 is 29.0 Å². The summed E-state index contributed by atoms with van der Waals surface area (Å²) in [4.78, 5) is 37.0. The molecule has 1 aromatic rings. The fourth-order valence-electron chi connectivity index (χ4n) is 2.74. The molecule has 1 aliphatic rings. The van der Waals surface area contributed by atoms with Gasteiger partial charge in [0.2, 0.25) is 5.91 Å². The lowest BCUT2D eigenvalue weighted by Gasteiger charge is -2.14. The number of aliphatic carboxylic acids is 1. The predicted octanol–water partition coefficient (Wildman–Crippen LogP) is 2.67. The molecule has 2 N–H and O–H groups in total. The molecule has 2 amide bonds. The van der Waals surface area contributed by atoms with Crippen LogP contribution in [0.25, 0.3) is 6.08 Å². The number of hydrogen-bond donors (Lipinski definition) is 2. The van der Waals surface area contributed by atoms with E-state index >= 15 is 0 Å². The van der Waals surface area contributed by atoms with Crippen molar-refractivity contribution in [2.75, 3.05) is 27.3 Å². The van der Waals surface area contributed by atoms with Crippen molar-refractivity contribution in [3.05, 3.63) is 28.7 Å². The average molecular weight is 453 g/mol. The second-order valence-electron chi connectivity index (χ2n) is 6.44. The van der Waals surface area contributed by atoms with Crippen LogP contribution in [0, 0.1) is 0 Å². The number of carboxylic acids is 1. The highest BCUT2D eigenvalue weighted by molar-refractivity contribution is 8.26. The quantitative estimate of drug-likeness (QED) is 0.300. The van der Waals surface area contributed by atoms with E-state index in [0.29, 0.717) is 46.5 Å². The van der Waals surface area contributed by atoms with Crippen LogP contribution in [0.3, 0.4) is 0 Å². The molecule has 2 rings (SSSR count). The van der Waals surface area contributed by atoms with Crippen LogP contribution >= 0.6 is 24.0 Å². The van der Waals surface area contributed by atoms with E-state index in [2.05, 4.69) is 5.32 Å². The molecular weight excluding hydrogens is 428 g/mol. The van der Waals surface area contributed by atoms with Gasteiger partial charge < -0.3 is 19.9 Å². The molecule has 1 fully saturated rings. The number of thioether (sulfide) groups is 1. The minimum absolute atomic E-state index is 0.122. The fraction of sp³-hybridized carbons (Fsp3) is 0.400. The Bertz CT molecular complexity index is 856. The SMILES string of the molecule is COc1ccc(/C=C2\SC(=S)N(CC(=O)NCCCCCC(=O)O)C2=O)cc1OC. The van der Waals surface area contributed by atoms with Gasteiger partial charge in [-0.3, -0.25) is 19.3 Å². The van der Waals surface area contributed by atoms with Crippen molar-refractivity contribution in [2.45, 2.75) is 25.7 Å². The largest absolute Gasteiger partial charge is 0.493 e. The summed E-state index contributed by atoms with van der Waals surface area (Å²) in [5.41, 5.74) is 0.749. The molecule has 0 saturated carbocycles. The number of carboxylic acid groups (broad SMARTS) is 1. The number of methoxy groups -OCH3 is 2. The molecular formula is C20H24N2O6S2. The van der Waals surface area contributed by atoms with Crippen LogP contribution in [0.4, 0.5) is 0 Å². The van der Waals surface area contributed by atoms with Gasteiger partial charge in [-0.2, -0.15) is 0 Å². The Hall–Kier alpha value is -2.59. The standard InChI is InChI=1S/C20H24N2O6S2/c1-27-14-8-7-13(10-15(14)28-2)11-16-19(26)22(20(29)30-16)12-17(23)21-9-5-3-4-6-18(24)25/h7-8,10-11H,3-6,9,12H2,1-2H3,(H,21,23)(H,24,25)/b16-11-. The third-order valence-corrected chi connectivity index (χ3v) is 5.65. The molecule has 0 aliphatic carbocycles. The average Bonchev–Trinajstić information content (AvgIpc) is 2.97. The zero-order chi connectivity index (χ0) is 22.1. The van der Waals surface area contributed by atoms with Gasteiger partial charge in [-0.05, 0) is 36.6 Å². The lowest BCUT2D eigenvalue weighted by atomic mass is 10.2. The van der Waals surface area contributed by atoms with Crippen molar-refractivity contribution in [3.63, 3.8) is 0 Å². The Balaban J connectivity index is 1.90. The number of ether oxygens (including phenoxy) is 2. The first-order valence-corrected chi connectivity index (χ1v) is 10.5. The van der Waals surface area contributed by atoms with Crippen molar-refractivity contribution in [2.24, 2.45) is 0 Å². The van der Waals surface area contributed by atoms with Gasteiger partial charge in [-0.15, -0.1) is 0 Å². The van der Waals surface area contributed by atoms with Gasteiger partial charge in [-0.25, -0.2) is 0 Å². The number of benzene rings is 1. The summed E-state index contributed by atoms with van der Waals surface area (Å²) in [6, 6.07) is 5.29. The monoisotopic (exact) mass is 452 g/mol. The Morgan fingerprint density at radius 3 is 2.60 bits per heavy atom. The van der Waals surface area contributed by atoms with Crippen LogP contribution in [-0.4, -0.2) is 59.4 Å². The van der Waals surface area contributed by atoms with Gasteiger partial charge in [0.15, 0.2) is 11.5 Å². The minimum Gasteiger partial charge on any atom is -0.493 e. The Labute approximate surface area is 184 Å². The third-order valence-electron chi connectivity index (χ3n) is 4.27. The molecule has 0 aromatic heterocycles. The lowest BCUT2D eigenvalue weighted by molar-refractivity contribution is -0.137. The van der Waals surface area contributed by atoms with E-state index in [0.717, 1.165) is 17.3 Å². The molecule has 0 atom stereocenters. The summed E-state index contributed by atoms with van der Waals surface area (Å²) in [6.45, 7) is 0.276. The van der Waals surface area contributed by atoms with Crippen LogP contribution in [-0.2, 0) is 14.4 Å². The van der Waals surface area contributed by atoms with Gasteiger partial charge in [0, 0.05) is 13.0 Å². The smallest absolute Gasteiger partial charge is 0.303 e. The first-order valence-electron chi connectivity index (χ1n) is 9.31. The van der Waals surface area contributed by atoms with E-state index in [9.17, 15) is 14.4 Å². The van der Waals surface area contributed by atoms with Crippen molar-refractivity contribution in [1.82, 2.24) is 10.2 Å². The van der Waals surface area contributed by atoms with E-state index in [1.165, 1.54) is 12.0 Å². The number of rotatable bonds is 11. The zero-order valence-electron chi connectivity index (χ0n) is 16.8. The molecule has 162 valence electrons. The second-order valence-corrected chi connectivity index (χ2v) is 8.11. The van der Waals surface area contributed by atoms with Gasteiger partial charge >= 0.3 is 5.97 Å². The number of unbranched alkanes of at least 4 members (excludes halogenated alkanes) is 2. The van der Waals surface area contributed by atoms with E-state index in [1.54, 1.807) is 31.4 Å². The molecule has 0 radical (unpaired) electrons. The van der Waals surface area contributed by atoms with E-state index in [4.69, 9.17) is 26.8 Å². The molecule has 0 unspecified atom stereocenters. The highest BCUT2D eigenvalue weighted by atomic mass is 32.2. The minimum atomic E-state index is -0.825. The molecule has 1 aromatic carbocycles. The van der Waals surface area contributed by atoms with Crippen molar-refractivity contribution >= 4 is 52.2 Å². The number of thiocarbonyl (C=S) groups is 1. The molecule has 1 heterocycles. The topological polar surface area (TPSA) is 105 Å². The van der Waals surface area contributed by atoms with Crippen LogP contribution in [0.5, 0.6) is 11.5 Å². The molecule has 0 spiro atoms. The van der Waals surface area contributed by atoms with Crippen LogP contribution < -0.4 is 14.8 Å². The van der Waals surface area contributed by atoms with E-state index < -0.39 is 5.97 Å². The normalized spacial score (nSPS) is 14.9. The Morgan fingerprint density at radius 2 is 1.93 bits per heavy atom. The summed E-state index contributed by atoms with van der Waals surface area (Å²) in [5.74, 6) is -0.325. The summed E-state index contributed by atoms with van der Waals surface area (Å²) in [7, 11) is 3.08. The number of carbonyl (C=O) groups excluding carboxylic acids is 2. The number of nitrogens with zero attached hydrogens (tertiary/aromatic N) is 1. The summed E-state index contributed by atoms with van der Waals surface area (Å²) in [6.07, 6.45) is 3.78. The molecule has 1 saturated heterocycles. The van der Waals surface area contributed by atoms with Crippen molar-refractivity contribution in [3.8, 4) is 11.5 Å². The van der Waals surface area contributed by atoms with E-state index in [1.807, 2.05) is 0 Å². The Morgan fingerprint density at radius 1 is 1.20 bits per heavy atom.